The normalized spacial score (nSPS) is 19.2. The van der Waals surface area contributed by atoms with Gasteiger partial charge >= 0.3 is 0 Å². The highest BCUT2D eigenvalue weighted by Gasteiger charge is 2.34. The zero-order valence-corrected chi connectivity index (χ0v) is 11.4. The smallest absolute Gasteiger partial charge is 0.293 e. The quantitative estimate of drug-likeness (QED) is 0.829. The molecule has 2 heterocycles. The summed E-state index contributed by atoms with van der Waals surface area (Å²) in [7, 11) is 0. The number of nitrogens with zero attached hydrogens (tertiary/aromatic N) is 1. The first kappa shape index (κ1) is 13.0. The highest BCUT2D eigenvalue weighted by molar-refractivity contribution is 8.18. The topological polar surface area (TPSA) is 83.5 Å². The van der Waals surface area contributed by atoms with Crippen LogP contribution in [0.25, 0.3) is 6.08 Å². The Balaban J connectivity index is 1.86. The van der Waals surface area contributed by atoms with Crippen LogP contribution in [-0.4, -0.2) is 35.9 Å². The first-order valence-electron chi connectivity index (χ1n) is 6.13. The molecule has 1 aromatic carbocycles. The maximum absolute atomic E-state index is 12.1. The van der Waals surface area contributed by atoms with Gasteiger partial charge in [-0.2, -0.15) is 0 Å². The van der Waals surface area contributed by atoms with Gasteiger partial charge in [0.1, 0.15) is 0 Å². The molecule has 6 nitrogen and oxygen atoms in total. The van der Waals surface area contributed by atoms with Crippen molar-refractivity contribution in [2.75, 3.05) is 19.9 Å². The van der Waals surface area contributed by atoms with E-state index < -0.39 is 0 Å². The summed E-state index contributed by atoms with van der Waals surface area (Å²) in [5.41, 5.74) is 4.46. The van der Waals surface area contributed by atoms with Gasteiger partial charge in [0.05, 0.1) is 18.0 Å². The Morgan fingerprint density at radius 3 is 2.90 bits per heavy atom. The average molecular weight is 293 g/mol. The minimum Gasteiger partial charge on any atom is -0.454 e. The van der Waals surface area contributed by atoms with Gasteiger partial charge in [-0.3, -0.25) is 14.5 Å². The van der Waals surface area contributed by atoms with Gasteiger partial charge in [-0.15, -0.1) is 0 Å². The summed E-state index contributed by atoms with van der Waals surface area (Å²) in [6.45, 7) is 1.07. The SMILES string of the molecule is [NH3+]CCN1C(=O)S/C(=C\c2ccc3c(c2)OCO3)C1=O. The summed E-state index contributed by atoms with van der Waals surface area (Å²) >= 11 is 0.949. The Morgan fingerprint density at radius 1 is 1.30 bits per heavy atom. The third-order valence-corrected chi connectivity index (χ3v) is 3.86. The number of fused-ring (bicyclic) bond motifs is 1. The number of ether oxygens (including phenoxy) is 2. The lowest BCUT2D eigenvalue weighted by molar-refractivity contribution is -0.367. The molecule has 2 amide bonds. The Kier molecular flexibility index (Phi) is 3.37. The number of quaternary nitrogens is 1. The molecule has 3 rings (SSSR count). The maximum atomic E-state index is 12.1. The molecule has 7 heteroatoms. The molecule has 104 valence electrons. The summed E-state index contributed by atoms with van der Waals surface area (Å²) in [5, 5.41) is -0.245. The lowest BCUT2D eigenvalue weighted by Gasteiger charge is -2.08. The molecule has 0 atom stereocenters. The van der Waals surface area contributed by atoms with Gasteiger partial charge in [-0.1, -0.05) is 6.07 Å². The zero-order valence-electron chi connectivity index (χ0n) is 10.6. The third-order valence-electron chi connectivity index (χ3n) is 2.95. The van der Waals surface area contributed by atoms with Crippen LogP contribution in [0.5, 0.6) is 11.5 Å². The molecule has 0 aliphatic carbocycles. The van der Waals surface area contributed by atoms with Crippen LogP contribution in [0.1, 0.15) is 5.56 Å². The molecule has 2 aliphatic rings. The summed E-state index contributed by atoms with van der Waals surface area (Å²) in [5.74, 6) is 1.07. The Bertz CT molecular complexity index is 614. The van der Waals surface area contributed by atoms with Crippen molar-refractivity contribution in [3.8, 4) is 11.5 Å². The van der Waals surface area contributed by atoms with Crippen LogP contribution < -0.4 is 15.2 Å². The minimum absolute atomic E-state index is 0.207. The lowest BCUT2D eigenvalue weighted by Crippen LogP contribution is -2.55. The second kappa shape index (κ2) is 5.18. The number of thioether (sulfide) groups is 1. The number of amides is 2. The van der Waals surface area contributed by atoms with Crippen LogP contribution in [0.3, 0.4) is 0 Å². The minimum atomic E-state index is -0.263. The Labute approximate surface area is 119 Å². The van der Waals surface area contributed by atoms with E-state index in [0.29, 0.717) is 29.5 Å². The number of hydrogen-bond donors (Lipinski definition) is 1. The zero-order chi connectivity index (χ0) is 14.1. The molecule has 1 aromatic rings. The van der Waals surface area contributed by atoms with E-state index in [2.05, 4.69) is 5.73 Å². The van der Waals surface area contributed by atoms with Crippen molar-refractivity contribution < 1.29 is 24.8 Å². The van der Waals surface area contributed by atoms with Crippen molar-refractivity contribution in [3.63, 3.8) is 0 Å². The highest BCUT2D eigenvalue weighted by atomic mass is 32.2. The van der Waals surface area contributed by atoms with Crippen molar-refractivity contribution in [2.24, 2.45) is 0 Å². The van der Waals surface area contributed by atoms with Crippen molar-refractivity contribution in [1.29, 1.82) is 0 Å². The molecule has 1 saturated heterocycles. The van der Waals surface area contributed by atoms with Crippen LogP contribution in [0, 0.1) is 0 Å². The van der Waals surface area contributed by atoms with Gasteiger partial charge in [0.25, 0.3) is 11.1 Å². The van der Waals surface area contributed by atoms with Gasteiger partial charge in [-0.05, 0) is 35.5 Å². The van der Waals surface area contributed by atoms with E-state index in [1.54, 1.807) is 18.2 Å². The molecule has 0 unspecified atom stereocenters. The molecule has 3 N–H and O–H groups in total. The van der Waals surface area contributed by atoms with Gasteiger partial charge in [-0.25, -0.2) is 0 Å². The standard InChI is InChI=1S/C13H12N2O4S/c14-3-4-15-12(16)11(20-13(15)17)6-8-1-2-9-10(5-8)19-7-18-9/h1-2,5-6H,3-4,7,14H2/p+1/b11-6-. The molecule has 0 spiro atoms. The van der Waals surface area contributed by atoms with E-state index >= 15 is 0 Å². The predicted molar refractivity (Wildman–Crippen MR) is 73.0 cm³/mol. The molecule has 0 bridgehead atoms. The third kappa shape index (κ3) is 2.25. The molecular weight excluding hydrogens is 280 g/mol. The van der Waals surface area contributed by atoms with E-state index in [-0.39, 0.29) is 17.9 Å². The molecule has 20 heavy (non-hydrogen) atoms. The van der Waals surface area contributed by atoms with Gasteiger partial charge in [0, 0.05) is 0 Å². The number of rotatable bonds is 3. The van der Waals surface area contributed by atoms with Crippen molar-refractivity contribution >= 4 is 29.0 Å². The molecule has 0 radical (unpaired) electrons. The lowest BCUT2D eigenvalue weighted by atomic mass is 10.2. The second-order valence-corrected chi connectivity index (χ2v) is 5.29. The van der Waals surface area contributed by atoms with Crippen molar-refractivity contribution in [2.45, 2.75) is 0 Å². The van der Waals surface area contributed by atoms with Crippen molar-refractivity contribution in [1.82, 2.24) is 4.90 Å². The summed E-state index contributed by atoms with van der Waals surface area (Å²) in [6, 6.07) is 5.40. The van der Waals surface area contributed by atoms with Crippen molar-refractivity contribution in [3.05, 3.63) is 28.7 Å². The van der Waals surface area contributed by atoms with Gasteiger partial charge in [0.15, 0.2) is 11.5 Å². The number of hydrogen-bond acceptors (Lipinski definition) is 5. The number of benzene rings is 1. The van der Waals surface area contributed by atoms with E-state index in [1.165, 1.54) is 4.90 Å². The van der Waals surface area contributed by atoms with Crippen LogP contribution in [0.2, 0.25) is 0 Å². The Hall–Kier alpha value is -1.99. The molecule has 2 aliphatic heterocycles. The van der Waals surface area contributed by atoms with E-state index in [9.17, 15) is 9.59 Å². The fourth-order valence-corrected chi connectivity index (χ4v) is 2.87. The predicted octanol–water partition coefficient (Wildman–Crippen LogP) is 0.693. The molecular formula is C13H13N2O4S+. The second-order valence-electron chi connectivity index (χ2n) is 4.30. The highest BCUT2D eigenvalue weighted by Crippen LogP contribution is 2.36. The number of carbonyl (C=O) groups is 2. The Morgan fingerprint density at radius 2 is 2.10 bits per heavy atom. The largest absolute Gasteiger partial charge is 0.454 e. The monoisotopic (exact) mass is 293 g/mol. The van der Waals surface area contributed by atoms with Crippen LogP contribution in [0.15, 0.2) is 23.1 Å². The fraction of sp³-hybridized carbons (Fsp3) is 0.231. The summed E-state index contributed by atoms with van der Waals surface area (Å²) in [4.78, 5) is 25.4. The molecule has 1 fully saturated rings. The number of imide groups is 1. The molecule has 0 aromatic heterocycles. The van der Waals surface area contributed by atoms with Crippen LogP contribution in [-0.2, 0) is 4.79 Å². The van der Waals surface area contributed by atoms with E-state index in [4.69, 9.17) is 9.47 Å². The maximum Gasteiger partial charge on any atom is 0.293 e. The van der Waals surface area contributed by atoms with Crippen LogP contribution in [0.4, 0.5) is 4.79 Å². The number of carbonyl (C=O) groups excluding carboxylic acids is 2. The molecule has 0 saturated carbocycles. The van der Waals surface area contributed by atoms with E-state index in [1.807, 2.05) is 6.07 Å². The summed E-state index contributed by atoms with van der Waals surface area (Å²) < 4.78 is 10.5. The van der Waals surface area contributed by atoms with Gasteiger partial charge < -0.3 is 15.2 Å². The first-order valence-corrected chi connectivity index (χ1v) is 6.95. The first-order chi connectivity index (χ1) is 9.69. The summed E-state index contributed by atoms with van der Waals surface area (Å²) in [6.07, 6.45) is 1.69. The average Bonchev–Trinajstić information content (AvgIpc) is 2.99. The fourth-order valence-electron chi connectivity index (χ4n) is 2.01. The van der Waals surface area contributed by atoms with E-state index in [0.717, 1.165) is 17.3 Å². The van der Waals surface area contributed by atoms with Gasteiger partial charge in [0.2, 0.25) is 6.79 Å². The van der Waals surface area contributed by atoms with Crippen LogP contribution >= 0.6 is 11.8 Å².